The van der Waals surface area contributed by atoms with Gasteiger partial charge in [0.25, 0.3) is 5.91 Å². The van der Waals surface area contributed by atoms with Gasteiger partial charge in [-0.1, -0.05) is 13.8 Å². The van der Waals surface area contributed by atoms with Gasteiger partial charge in [0.05, 0.1) is 5.41 Å². The Morgan fingerprint density at radius 2 is 1.75 bits per heavy atom. The lowest BCUT2D eigenvalue weighted by molar-refractivity contribution is -0.138. The molecule has 3 rings (SSSR count). The summed E-state index contributed by atoms with van der Waals surface area (Å²) in [6.07, 6.45) is 1.20. The molecule has 2 aliphatic heterocycles. The van der Waals surface area contributed by atoms with Crippen LogP contribution in [0.15, 0.2) is 18.2 Å². The molecule has 1 spiro atoms. The SMILES string of the molecule is CCN(CC)C(=O)c1ccc2c(c1)C1(CCN(C(=O)C(C)C)CC1)C(=O)N2C. The zero-order valence-corrected chi connectivity index (χ0v) is 17.6. The van der Waals surface area contributed by atoms with E-state index in [0.29, 0.717) is 44.6 Å². The first kappa shape index (κ1) is 20.4. The van der Waals surface area contributed by atoms with Crippen LogP contribution in [0.3, 0.4) is 0 Å². The Balaban J connectivity index is 1.94. The van der Waals surface area contributed by atoms with Crippen LogP contribution in [0.1, 0.15) is 56.5 Å². The van der Waals surface area contributed by atoms with Crippen LogP contribution in [0.5, 0.6) is 0 Å². The monoisotopic (exact) mass is 385 g/mol. The average Bonchev–Trinajstić information content (AvgIpc) is 2.90. The van der Waals surface area contributed by atoms with Crippen molar-refractivity contribution in [2.24, 2.45) is 5.92 Å². The highest BCUT2D eigenvalue weighted by molar-refractivity contribution is 6.09. The van der Waals surface area contributed by atoms with Crippen LogP contribution in [-0.2, 0) is 15.0 Å². The van der Waals surface area contributed by atoms with Crippen molar-refractivity contribution in [3.05, 3.63) is 29.3 Å². The maximum absolute atomic E-state index is 13.2. The Morgan fingerprint density at radius 3 is 2.29 bits per heavy atom. The Labute approximate surface area is 167 Å². The zero-order chi connectivity index (χ0) is 20.6. The average molecular weight is 386 g/mol. The van der Waals surface area contributed by atoms with Crippen LogP contribution in [0.2, 0.25) is 0 Å². The molecule has 1 aromatic carbocycles. The molecule has 152 valence electrons. The van der Waals surface area contributed by atoms with Crippen molar-refractivity contribution in [3.8, 4) is 0 Å². The summed E-state index contributed by atoms with van der Waals surface area (Å²) < 4.78 is 0. The number of carbonyl (C=O) groups excluding carboxylic acids is 3. The number of rotatable bonds is 4. The summed E-state index contributed by atoms with van der Waals surface area (Å²) >= 11 is 0. The lowest BCUT2D eigenvalue weighted by Crippen LogP contribution is -2.50. The molecule has 0 N–H and O–H groups in total. The summed E-state index contributed by atoms with van der Waals surface area (Å²) in [4.78, 5) is 43.8. The smallest absolute Gasteiger partial charge is 0.253 e. The predicted molar refractivity (Wildman–Crippen MR) is 109 cm³/mol. The molecule has 0 atom stereocenters. The molecule has 0 aromatic heterocycles. The largest absolute Gasteiger partial charge is 0.342 e. The number of hydrogen-bond donors (Lipinski definition) is 0. The number of anilines is 1. The van der Waals surface area contributed by atoms with E-state index >= 15 is 0 Å². The van der Waals surface area contributed by atoms with E-state index in [1.807, 2.05) is 50.8 Å². The van der Waals surface area contributed by atoms with Crippen LogP contribution in [0.25, 0.3) is 0 Å². The Bertz CT molecular complexity index is 790. The maximum Gasteiger partial charge on any atom is 0.253 e. The molecular formula is C22H31N3O3. The molecule has 0 radical (unpaired) electrons. The molecule has 1 aromatic rings. The molecule has 1 fully saturated rings. The summed E-state index contributed by atoms with van der Waals surface area (Å²) in [5.41, 5.74) is 1.82. The molecule has 6 heteroatoms. The second-order valence-corrected chi connectivity index (χ2v) is 8.14. The number of likely N-dealkylation sites (tertiary alicyclic amines) is 1. The lowest BCUT2D eigenvalue weighted by Gasteiger charge is -2.39. The van der Waals surface area contributed by atoms with E-state index in [4.69, 9.17) is 0 Å². The van der Waals surface area contributed by atoms with Gasteiger partial charge < -0.3 is 14.7 Å². The summed E-state index contributed by atoms with van der Waals surface area (Å²) in [6, 6.07) is 5.63. The minimum atomic E-state index is -0.628. The van der Waals surface area contributed by atoms with E-state index in [-0.39, 0.29) is 23.6 Å². The molecule has 0 aliphatic carbocycles. The van der Waals surface area contributed by atoms with Crippen molar-refractivity contribution in [2.45, 2.75) is 46.0 Å². The lowest BCUT2D eigenvalue weighted by atomic mass is 9.73. The van der Waals surface area contributed by atoms with Gasteiger partial charge in [0.1, 0.15) is 0 Å². The number of carbonyl (C=O) groups is 3. The first-order chi connectivity index (χ1) is 13.3. The maximum atomic E-state index is 13.2. The van der Waals surface area contributed by atoms with Gasteiger partial charge in [0, 0.05) is 50.4 Å². The summed E-state index contributed by atoms with van der Waals surface area (Å²) in [5.74, 6) is 0.171. The van der Waals surface area contributed by atoms with E-state index in [2.05, 4.69) is 0 Å². The quantitative estimate of drug-likeness (QED) is 0.801. The summed E-state index contributed by atoms with van der Waals surface area (Å²) in [6.45, 7) is 10.2. The number of fused-ring (bicyclic) bond motifs is 2. The van der Waals surface area contributed by atoms with Crippen LogP contribution < -0.4 is 4.90 Å². The molecule has 6 nitrogen and oxygen atoms in total. The van der Waals surface area contributed by atoms with E-state index in [1.165, 1.54) is 0 Å². The highest BCUT2D eigenvalue weighted by Gasteiger charge is 2.51. The standard InChI is InChI=1S/C22H31N3O3/c1-6-24(7-2)20(27)16-8-9-18-17(14-16)22(21(28)23(18)5)10-12-25(13-11-22)19(26)15(3)4/h8-9,14-15H,6-7,10-13H2,1-5H3. The number of nitrogens with zero attached hydrogens (tertiary/aromatic N) is 3. The predicted octanol–water partition coefficient (Wildman–Crippen LogP) is 2.66. The highest BCUT2D eigenvalue weighted by Crippen LogP contribution is 2.47. The van der Waals surface area contributed by atoms with Gasteiger partial charge in [-0.05, 0) is 50.5 Å². The Kier molecular flexibility index (Phi) is 5.50. The van der Waals surface area contributed by atoms with Crippen molar-refractivity contribution < 1.29 is 14.4 Å². The van der Waals surface area contributed by atoms with E-state index in [9.17, 15) is 14.4 Å². The van der Waals surface area contributed by atoms with Crippen molar-refractivity contribution >= 4 is 23.4 Å². The summed E-state index contributed by atoms with van der Waals surface area (Å²) in [5, 5.41) is 0. The first-order valence-electron chi connectivity index (χ1n) is 10.3. The van der Waals surface area contributed by atoms with Crippen LogP contribution in [-0.4, -0.2) is 60.7 Å². The highest BCUT2D eigenvalue weighted by atomic mass is 16.2. The number of amides is 3. The van der Waals surface area contributed by atoms with Gasteiger partial charge in [-0.25, -0.2) is 0 Å². The van der Waals surface area contributed by atoms with Gasteiger partial charge in [0.2, 0.25) is 11.8 Å². The Morgan fingerprint density at radius 1 is 1.14 bits per heavy atom. The van der Waals surface area contributed by atoms with E-state index in [0.717, 1.165) is 11.3 Å². The van der Waals surface area contributed by atoms with Gasteiger partial charge in [0.15, 0.2) is 0 Å². The van der Waals surface area contributed by atoms with Crippen molar-refractivity contribution in [2.75, 3.05) is 38.1 Å². The second-order valence-electron chi connectivity index (χ2n) is 8.14. The zero-order valence-electron chi connectivity index (χ0n) is 17.6. The molecule has 2 aliphatic rings. The fraction of sp³-hybridized carbons (Fsp3) is 0.591. The molecule has 3 amide bonds. The minimum absolute atomic E-state index is 0.00243. The van der Waals surface area contributed by atoms with Gasteiger partial charge in [-0.15, -0.1) is 0 Å². The molecule has 0 bridgehead atoms. The number of piperidine rings is 1. The number of likely N-dealkylation sites (N-methyl/N-ethyl adjacent to an activating group) is 1. The van der Waals surface area contributed by atoms with Crippen molar-refractivity contribution in [1.82, 2.24) is 9.80 Å². The van der Waals surface area contributed by atoms with Crippen molar-refractivity contribution in [3.63, 3.8) is 0 Å². The third-order valence-corrected chi connectivity index (χ3v) is 6.31. The van der Waals surface area contributed by atoms with Crippen molar-refractivity contribution in [1.29, 1.82) is 0 Å². The number of hydrogen-bond acceptors (Lipinski definition) is 3. The third kappa shape index (κ3) is 3.09. The molecule has 0 saturated carbocycles. The molecule has 0 unspecified atom stereocenters. The molecule has 2 heterocycles. The van der Waals surface area contributed by atoms with Crippen LogP contribution in [0, 0.1) is 5.92 Å². The topological polar surface area (TPSA) is 60.9 Å². The minimum Gasteiger partial charge on any atom is -0.342 e. The fourth-order valence-electron chi connectivity index (χ4n) is 4.54. The molecule has 28 heavy (non-hydrogen) atoms. The second kappa shape index (κ2) is 7.57. The van der Waals surface area contributed by atoms with E-state index in [1.54, 1.807) is 16.8 Å². The third-order valence-electron chi connectivity index (χ3n) is 6.31. The Hall–Kier alpha value is -2.37. The summed E-state index contributed by atoms with van der Waals surface area (Å²) in [7, 11) is 1.80. The van der Waals surface area contributed by atoms with Gasteiger partial charge >= 0.3 is 0 Å². The normalized spacial score (nSPS) is 18.0. The molecule has 1 saturated heterocycles. The fourth-order valence-corrected chi connectivity index (χ4v) is 4.54. The van der Waals surface area contributed by atoms with Crippen LogP contribution in [0.4, 0.5) is 5.69 Å². The number of benzene rings is 1. The van der Waals surface area contributed by atoms with Gasteiger partial charge in [-0.3, -0.25) is 14.4 Å². The van der Waals surface area contributed by atoms with Crippen LogP contribution >= 0.6 is 0 Å². The molecular weight excluding hydrogens is 354 g/mol. The van der Waals surface area contributed by atoms with E-state index < -0.39 is 5.41 Å². The first-order valence-corrected chi connectivity index (χ1v) is 10.3. The van der Waals surface area contributed by atoms with Gasteiger partial charge in [-0.2, -0.15) is 0 Å².